The molecule has 0 radical (unpaired) electrons. The second-order valence-electron chi connectivity index (χ2n) is 8.93. The number of hydrogen-bond donors (Lipinski definition) is 2. The summed E-state index contributed by atoms with van der Waals surface area (Å²) in [5.74, 6) is 0.512. The molecule has 0 saturated heterocycles. The van der Waals surface area contributed by atoms with Gasteiger partial charge < -0.3 is 15.2 Å². The minimum Gasteiger partial charge on any atom is -0.481 e. The standard InChI is InChI=1S/C22H36Cl2N2O4/c1-15-10-16(2)18(14-26(8-6-23)9-7-24)11-17(15)12-19(13-20(27)28)25-21(29)30-22(3,4)5/h11,16,19H,6-10,12-14H2,1-5H3,(H,25,29)(H,27,28)/t16?,19-/m0/s1. The summed E-state index contributed by atoms with van der Waals surface area (Å²) in [5.41, 5.74) is 2.92. The van der Waals surface area contributed by atoms with Crippen LogP contribution in [0.1, 0.15) is 53.9 Å². The zero-order valence-electron chi connectivity index (χ0n) is 18.8. The number of nitrogens with zero attached hydrogens (tertiary/aromatic N) is 1. The van der Waals surface area contributed by atoms with Crippen molar-refractivity contribution in [2.45, 2.75) is 65.5 Å². The molecule has 0 bridgehead atoms. The van der Waals surface area contributed by atoms with E-state index in [0.29, 0.717) is 24.1 Å². The smallest absolute Gasteiger partial charge is 0.407 e. The Bertz CT molecular complexity index is 650. The van der Waals surface area contributed by atoms with E-state index < -0.39 is 23.7 Å². The summed E-state index contributed by atoms with van der Waals surface area (Å²) in [5, 5.41) is 12.0. The third kappa shape index (κ3) is 10.2. The first-order valence-corrected chi connectivity index (χ1v) is 11.5. The van der Waals surface area contributed by atoms with E-state index in [0.717, 1.165) is 31.6 Å². The number of halogens is 2. The molecular formula is C22H36Cl2N2O4. The van der Waals surface area contributed by atoms with Crippen molar-refractivity contribution >= 4 is 35.3 Å². The van der Waals surface area contributed by atoms with E-state index in [2.05, 4.69) is 30.1 Å². The number of carboxylic acid groups (broad SMARTS) is 1. The van der Waals surface area contributed by atoms with Gasteiger partial charge in [0.25, 0.3) is 0 Å². The molecule has 0 aromatic rings. The third-order valence-corrected chi connectivity index (χ3v) is 5.31. The second kappa shape index (κ2) is 12.6. The number of carboxylic acids is 1. The Labute approximate surface area is 190 Å². The van der Waals surface area contributed by atoms with E-state index in [4.69, 9.17) is 27.9 Å². The molecule has 0 saturated carbocycles. The van der Waals surface area contributed by atoms with Gasteiger partial charge in [-0.1, -0.05) is 24.1 Å². The van der Waals surface area contributed by atoms with E-state index >= 15 is 0 Å². The van der Waals surface area contributed by atoms with Crippen molar-refractivity contribution in [3.05, 3.63) is 22.8 Å². The van der Waals surface area contributed by atoms with Crippen LogP contribution in [0.4, 0.5) is 4.79 Å². The van der Waals surface area contributed by atoms with E-state index in [-0.39, 0.29) is 6.42 Å². The van der Waals surface area contributed by atoms with Crippen LogP contribution in [0.5, 0.6) is 0 Å². The van der Waals surface area contributed by atoms with Gasteiger partial charge in [-0.15, -0.1) is 23.2 Å². The lowest BCUT2D eigenvalue weighted by Crippen LogP contribution is -2.40. The first kappa shape index (κ1) is 26.8. The molecule has 0 fully saturated rings. The fourth-order valence-electron chi connectivity index (χ4n) is 3.54. The van der Waals surface area contributed by atoms with Gasteiger partial charge in [-0.05, 0) is 52.0 Å². The first-order chi connectivity index (χ1) is 13.9. The van der Waals surface area contributed by atoms with Gasteiger partial charge in [-0.25, -0.2) is 4.79 Å². The third-order valence-electron chi connectivity index (χ3n) is 4.97. The normalized spacial score (nSPS) is 18.3. The van der Waals surface area contributed by atoms with Gasteiger partial charge in [-0.2, -0.15) is 0 Å². The minimum atomic E-state index is -0.960. The molecule has 0 aliphatic heterocycles. The van der Waals surface area contributed by atoms with E-state index in [9.17, 15) is 14.7 Å². The Hall–Kier alpha value is -1.24. The van der Waals surface area contributed by atoms with E-state index in [1.54, 1.807) is 20.8 Å². The highest BCUT2D eigenvalue weighted by Crippen LogP contribution is 2.32. The highest BCUT2D eigenvalue weighted by atomic mass is 35.5. The molecule has 8 heteroatoms. The summed E-state index contributed by atoms with van der Waals surface area (Å²) in [6, 6.07) is -0.546. The summed E-state index contributed by atoms with van der Waals surface area (Å²) in [7, 11) is 0. The predicted molar refractivity (Wildman–Crippen MR) is 122 cm³/mol. The maximum atomic E-state index is 12.2. The average Bonchev–Trinajstić information content (AvgIpc) is 2.57. The molecule has 0 aromatic heterocycles. The van der Waals surface area contributed by atoms with Crippen LogP contribution in [-0.4, -0.2) is 65.1 Å². The number of carbonyl (C=O) groups excluding carboxylic acids is 1. The quantitative estimate of drug-likeness (QED) is 0.430. The van der Waals surface area contributed by atoms with Crippen molar-refractivity contribution < 1.29 is 19.4 Å². The molecule has 1 amide bonds. The Morgan fingerprint density at radius 1 is 1.30 bits per heavy atom. The van der Waals surface area contributed by atoms with Crippen molar-refractivity contribution in [2.75, 3.05) is 31.4 Å². The lowest BCUT2D eigenvalue weighted by molar-refractivity contribution is -0.137. The minimum absolute atomic E-state index is 0.167. The van der Waals surface area contributed by atoms with Gasteiger partial charge in [-0.3, -0.25) is 9.69 Å². The number of allylic oxidation sites excluding steroid dienone is 2. The second-order valence-corrected chi connectivity index (χ2v) is 9.69. The number of rotatable bonds is 11. The van der Waals surface area contributed by atoms with Crippen molar-refractivity contribution in [2.24, 2.45) is 5.92 Å². The van der Waals surface area contributed by atoms with Crippen LogP contribution >= 0.6 is 23.2 Å². The summed E-state index contributed by atoms with van der Waals surface area (Å²) < 4.78 is 5.30. The van der Waals surface area contributed by atoms with Crippen molar-refractivity contribution in [1.29, 1.82) is 0 Å². The number of alkyl carbamates (subject to hydrolysis) is 1. The molecule has 2 atom stereocenters. The first-order valence-electron chi connectivity index (χ1n) is 10.4. The fraction of sp³-hybridized carbons (Fsp3) is 0.727. The van der Waals surface area contributed by atoms with Gasteiger partial charge in [0, 0.05) is 37.4 Å². The van der Waals surface area contributed by atoms with Gasteiger partial charge in [0.15, 0.2) is 0 Å². The highest BCUT2D eigenvalue weighted by molar-refractivity contribution is 6.18. The van der Waals surface area contributed by atoms with Crippen molar-refractivity contribution in [3.8, 4) is 0 Å². The maximum absolute atomic E-state index is 12.2. The van der Waals surface area contributed by atoms with Crippen LogP contribution in [0, 0.1) is 5.92 Å². The predicted octanol–water partition coefficient (Wildman–Crippen LogP) is 4.81. The topological polar surface area (TPSA) is 78.9 Å². The van der Waals surface area contributed by atoms with Crippen LogP contribution in [0.15, 0.2) is 22.8 Å². The Morgan fingerprint density at radius 3 is 2.40 bits per heavy atom. The molecule has 0 spiro atoms. The largest absolute Gasteiger partial charge is 0.481 e. The lowest BCUT2D eigenvalue weighted by Gasteiger charge is -2.30. The Balaban J connectivity index is 2.97. The molecule has 30 heavy (non-hydrogen) atoms. The Morgan fingerprint density at radius 2 is 1.90 bits per heavy atom. The molecule has 1 unspecified atom stereocenters. The maximum Gasteiger partial charge on any atom is 0.407 e. The highest BCUT2D eigenvalue weighted by Gasteiger charge is 2.25. The zero-order chi connectivity index (χ0) is 22.9. The monoisotopic (exact) mass is 462 g/mol. The number of aliphatic carboxylic acids is 1. The van der Waals surface area contributed by atoms with Gasteiger partial charge in [0.1, 0.15) is 5.60 Å². The zero-order valence-corrected chi connectivity index (χ0v) is 20.3. The summed E-state index contributed by atoms with van der Waals surface area (Å²) in [6.45, 7) is 11.9. The van der Waals surface area contributed by atoms with Crippen LogP contribution in [0.3, 0.4) is 0 Å². The van der Waals surface area contributed by atoms with Crippen LogP contribution < -0.4 is 5.32 Å². The van der Waals surface area contributed by atoms with Crippen molar-refractivity contribution in [3.63, 3.8) is 0 Å². The number of hydrogen-bond acceptors (Lipinski definition) is 4. The number of nitrogens with one attached hydrogen (secondary N) is 1. The molecular weight excluding hydrogens is 427 g/mol. The fourth-order valence-corrected chi connectivity index (χ4v) is 4.02. The summed E-state index contributed by atoms with van der Waals surface area (Å²) in [4.78, 5) is 25.8. The summed E-state index contributed by atoms with van der Waals surface area (Å²) in [6.07, 6.45) is 2.74. The van der Waals surface area contributed by atoms with E-state index in [1.807, 2.05) is 0 Å². The van der Waals surface area contributed by atoms with Crippen LogP contribution in [0.2, 0.25) is 0 Å². The van der Waals surface area contributed by atoms with Gasteiger partial charge in [0.05, 0.1) is 6.42 Å². The van der Waals surface area contributed by atoms with E-state index in [1.165, 1.54) is 11.1 Å². The Kier molecular flexibility index (Phi) is 11.2. The SMILES string of the molecule is CC1=C(C[C@@H](CC(=O)O)NC(=O)OC(C)(C)C)C=C(CN(CCCl)CCCl)C(C)C1. The molecule has 1 aliphatic rings. The number of ether oxygens (including phenoxy) is 1. The van der Waals surface area contributed by atoms with Gasteiger partial charge >= 0.3 is 12.1 Å². The molecule has 1 rings (SSSR count). The molecule has 6 nitrogen and oxygen atoms in total. The van der Waals surface area contributed by atoms with Gasteiger partial charge in [0.2, 0.25) is 0 Å². The lowest BCUT2D eigenvalue weighted by atomic mass is 9.82. The van der Waals surface area contributed by atoms with Crippen LogP contribution in [0.25, 0.3) is 0 Å². The molecule has 0 aromatic carbocycles. The van der Waals surface area contributed by atoms with Crippen molar-refractivity contribution in [1.82, 2.24) is 10.2 Å². The molecule has 0 heterocycles. The number of alkyl halides is 2. The molecule has 172 valence electrons. The number of amides is 1. The van der Waals surface area contributed by atoms with Crippen LogP contribution in [-0.2, 0) is 9.53 Å². The average molecular weight is 463 g/mol. The number of carbonyl (C=O) groups is 2. The molecule has 2 N–H and O–H groups in total. The molecule has 1 aliphatic carbocycles. The summed E-state index contributed by atoms with van der Waals surface area (Å²) >= 11 is 11.9.